The van der Waals surface area contributed by atoms with Gasteiger partial charge in [-0.15, -0.1) is 12.4 Å². The molecule has 5 heteroatoms. The first-order valence-corrected chi connectivity index (χ1v) is 7.29. The Bertz CT molecular complexity index is 289. The summed E-state index contributed by atoms with van der Waals surface area (Å²) in [5, 5.41) is 3.27. The standard InChI is InChI=1S/C14H26N2O2.ClH/c1-3-14(4-2)5-7-16(11-14)13(17)9-12-10-15-6-8-18-12;/h12,15H,3-11H2,1-2H3;1H. The summed E-state index contributed by atoms with van der Waals surface area (Å²) in [4.78, 5) is 14.3. The van der Waals surface area contributed by atoms with Crippen LogP contribution >= 0.6 is 12.4 Å². The van der Waals surface area contributed by atoms with Crippen LogP contribution in [-0.4, -0.2) is 49.7 Å². The number of likely N-dealkylation sites (tertiary alicyclic amines) is 1. The lowest BCUT2D eigenvalue weighted by Gasteiger charge is -2.28. The van der Waals surface area contributed by atoms with Crippen LogP contribution in [0.15, 0.2) is 0 Å². The molecule has 0 aliphatic carbocycles. The van der Waals surface area contributed by atoms with Gasteiger partial charge in [-0.3, -0.25) is 4.79 Å². The molecule has 1 unspecified atom stereocenters. The van der Waals surface area contributed by atoms with Crippen LogP contribution in [-0.2, 0) is 9.53 Å². The van der Waals surface area contributed by atoms with Crippen LogP contribution < -0.4 is 5.32 Å². The summed E-state index contributed by atoms with van der Waals surface area (Å²) in [5.74, 6) is 0.271. The van der Waals surface area contributed by atoms with E-state index in [-0.39, 0.29) is 24.4 Å². The number of hydrogen-bond acceptors (Lipinski definition) is 3. The lowest BCUT2D eigenvalue weighted by Crippen LogP contribution is -2.42. The summed E-state index contributed by atoms with van der Waals surface area (Å²) >= 11 is 0. The maximum atomic E-state index is 12.3. The summed E-state index contributed by atoms with van der Waals surface area (Å²) in [6, 6.07) is 0. The van der Waals surface area contributed by atoms with Crippen molar-refractivity contribution in [1.82, 2.24) is 10.2 Å². The van der Waals surface area contributed by atoms with Gasteiger partial charge in [0.2, 0.25) is 5.91 Å². The summed E-state index contributed by atoms with van der Waals surface area (Å²) in [7, 11) is 0. The molecule has 2 aliphatic heterocycles. The second-order valence-electron chi connectivity index (χ2n) is 5.67. The fourth-order valence-corrected chi connectivity index (χ4v) is 3.05. The third-order valence-corrected chi connectivity index (χ3v) is 4.70. The zero-order valence-corrected chi connectivity index (χ0v) is 12.9. The smallest absolute Gasteiger partial charge is 0.225 e. The Labute approximate surface area is 122 Å². The van der Waals surface area contributed by atoms with Crippen LogP contribution in [0.3, 0.4) is 0 Å². The molecule has 0 spiro atoms. The second-order valence-corrected chi connectivity index (χ2v) is 5.67. The van der Waals surface area contributed by atoms with E-state index in [1.807, 2.05) is 4.90 Å². The third kappa shape index (κ3) is 4.07. The van der Waals surface area contributed by atoms with Gasteiger partial charge in [-0.05, 0) is 24.7 Å². The number of halogens is 1. The first-order valence-electron chi connectivity index (χ1n) is 7.29. The van der Waals surface area contributed by atoms with Crippen molar-refractivity contribution in [3.8, 4) is 0 Å². The van der Waals surface area contributed by atoms with Gasteiger partial charge < -0.3 is 15.0 Å². The summed E-state index contributed by atoms with van der Waals surface area (Å²) < 4.78 is 5.60. The molecule has 2 rings (SSSR count). The quantitative estimate of drug-likeness (QED) is 0.859. The normalized spacial score (nSPS) is 26.0. The van der Waals surface area contributed by atoms with Gasteiger partial charge >= 0.3 is 0 Å². The number of hydrogen-bond donors (Lipinski definition) is 1. The van der Waals surface area contributed by atoms with E-state index in [1.54, 1.807) is 0 Å². The fraction of sp³-hybridized carbons (Fsp3) is 0.929. The lowest BCUT2D eigenvalue weighted by molar-refractivity contribution is -0.134. The fourth-order valence-electron chi connectivity index (χ4n) is 3.05. The second kappa shape index (κ2) is 7.46. The van der Waals surface area contributed by atoms with Crippen LogP contribution in [0.4, 0.5) is 0 Å². The van der Waals surface area contributed by atoms with Crippen molar-refractivity contribution in [3.05, 3.63) is 0 Å². The Morgan fingerprint density at radius 3 is 2.68 bits per heavy atom. The predicted octanol–water partition coefficient (Wildman–Crippen LogP) is 1.83. The Morgan fingerprint density at radius 1 is 1.42 bits per heavy atom. The Morgan fingerprint density at radius 2 is 2.16 bits per heavy atom. The van der Waals surface area contributed by atoms with E-state index >= 15 is 0 Å². The van der Waals surface area contributed by atoms with Crippen LogP contribution in [0, 0.1) is 5.41 Å². The van der Waals surface area contributed by atoms with Crippen LogP contribution in [0.25, 0.3) is 0 Å². The maximum absolute atomic E-state index is 12.3. The van der Waals surface area contributed by atoms with Gasteiger partial charge in [-0.1, -0.05) is 13.8 Å². The van der Waals surface area contributed by atoms with Crippen molar-refractivity contribution in [2.45, 2.75) is 45.6 Å². The lowest BCUT2D eigenvalue weighted by atomic mass is 9.82. The van der Waals surface area contributed by atoms with E-state index in [0.29, 0.717) is 11.8 Å². The topological polar surface area (TPSA) is 41.6 Å². The van der Waals surface area contributed by atoms with E-state index in [9.17, 15) is 4.79 Å². The highest BCUT2D eigenvalue weighted by Crippen LogP contribution is 2.37. The van der Waals surface area contributed by atoms with Gasteiger partial charge in [-0.25, -0.2) is 0 Å². The van der Waals surface area contributed by atoms with Gasteiger partial charge in [0.1, 0.15) is 0 Å². The maximum Gasteiger partial charge on any atom is 0.225 e. The first kappa shape index (κ1) is 16.7. The number of carbonyl (C=O) groups is 1. The monoisotopic (exact) mass is 290 g/mol. The molecule has 19 heavy (non-hydrogen) atoms. The third-order valence-electron chi connectivity index (χ3n) is 4.70. The molecule has 0 aromatic rings. The van der Waals surface area contributed by atoms with Crippen LogP contribution in [0.2, 0.25) is 0 Å². The summed E-state index contributed by atoms with van der Waals surface area (Å²) in [5.41, 5.74) is 0.376. The zero-order valence-electron chi connectivity index (χ0n) is 12.1. The summed E-state index contributed by atoms with van der Waals surface area (Å²) in [6.07, 6.45) is 4.12. The molecule has 2 heterocycles. The molecule has 4 nitrogen and oxygen atoms in total. The number of carbonyl (C=O) groups excluding carboxylic acids is 1. The van der Waals surface area contributed by atoms with Crippen molar-refractivity contribution in [1.29, 1.82) is 0 Å². The molecule has 0 bridgehead atoms. The average Bonchev–Trinajstić information content (AvgIpc) is 2.85. The largest absolute Gasteiger partial charge is 0.375 e. The van der Waals surface area contributed by atoms with Crippen molar-refractivity contribution in [2.24, 2.45) is 5.41 Å². The molecule has 1 atom stereocenters. The SMILES string of the molecule is CCC1(CC)CCN(C(=O)CC2CNCCO2)C1.Cl. The highest BCUT2D eigenvalue weighted by molar-refractivity contribution is 5.85. The minimum Gasteiger partial charge on any atom is -0.375 e. The van der Waals surface area contributed by atoms with Gasteiger partial charge in [0.05, 0.1) is 19.1 Å². The summed E-state index contributed by atoms with van der Waals surface area (Å²) in [6.45, 7) is 8.80. The number of amides is 1. The van der Waals surface area contributed by atoms with Crippen molar-refractivity contribution in [2.75, 3.05) is 32.8 Å². The molecule has 0 saturated carbocycles. The van der Waals surface area contributed by atoms with E-state index in [4.69, 9.17) is 4.74 Å². The van der Waals surface area contributed by atoms with E-state index in [0.717, 1.165) is 39.2 Å². The molecule has 2 aliphatic rings. The van der Waals surface area contributed by atoms with E-state index in [1.165, 1.54) is 12.8 Å². The number of rotatable bonds is 4. The van der Waals surface area contributed by atoms with Crippen LogP contribution in [0.1, 0.15) is 39.5 Å². The molecule has 112 valence electrons. The van der Waals surface area contributed by atoms with Gasteiger partial charge in [0.25, 0.3) is 0 Å². The van der Waals surface area contributed by atoms with Crippen molar-refractivity contribution >= 4 is 18.3 Å². The molecular formula is C14H27ClN2O2. The highest BCUT2D eigenvalue weighted by Gasteiger charge is 2.37. The highest BCUT2D eigenvalue weighted by atomic mass is 35.5. The van der Waals surface area contributed by atoms with Gasteiger partial charge in [0.15, 0.2) is 0 Å². The number of morpholine rings is 1. The molecule has 1 amide bonds. The molecule has 2 saturated heterocycles. The molecule has 0 aromatic heterocycles. The minimum absolute atomic E-state index is 0. The van der Waals surface area contributed by atoms with Crippen LogP contribution in [0.5, 0.6) is 0 Å². The number of nitrogens with one attached hydrogen (secondary N) is 1. The molecular weight excluding hydrogens is 264 g/mol. The van der Waals surface area contributed by atoms with Crippen molar-refractivity contribution in [3.63, 3.8) is 0 Å². The predicted molar refractivity (Wildman–Crippen MR) is 78.7 cm³/mol. The molecule has 0 radical (unpaired) electrons. The van der Waals surface area contributed by atoms with E-state index < -0.39 is 0 Å². The zero-order chi connectivity index (χ0) is 13.0. The molecule has 1 N–H and O–H groups in total. The Kier molecular flexibility index (Phi) is 6.57. The Balaban J connectivity index is 0.00000180. The molecule has 0 aromatic carbocycles. The number of ether oxygens (including phenoxy) is 1. The molecule has 2 fully saturated rings. The van der Waals surface area contributed by atoms with E-state index in [2.05, 4.69) is 19.2 Å². The van der Waals surface area contributed by atoms with Gasteiger partial charge in [-0.2, -0.15) is 0 Å². The Hall–Kier alpha value is -0.320. The minimum atomic E-state index is 0. The van der Waals surface area contributed by atoms with Gasteiger partial charge in [0, 0.05) is 26.2 Å². The average molecular weight is 291 g/mol. The number of nitrogens with zero attached hydrogens (tertiary/aromatic N) is 1. The first-order chi connectivity index (χ1) is 8.69. The van der Waals surface area contributed by atoms with Crippen molar-refractivity contribution < 1.29 is 9.53 Å².